The van der Waals surface area contributed by atoms with E-state index in [2.05, 4.69) is 0 Å². The zero-order chi connectivity index (χ0) is 13.4. The van der Waals surface area contributed by atoms with E-state index >= 15 is 0 Å². The fraction of sp³-hybridized carbons (Fsp3) is 0.846. The lowest BCUT2D eigenvalue weighted by atomic mass is 9.94. The van der Waals surface area contributed by atoms with Crippen LogP contribution in [0.3, 0.4) is 0 Å². The Labute approximate surface area is 103 Å². The van der Waals surface area contributed by atoms with Gasteiger partial charge in [-0.2, -0.15) is 0 Å². The molecule has 0 spiro atoms. The Morgan fingerprint density at radius 3 is 2.24 bits per heavy atom. The fourth-order valence-electron chi connectivity index (χ4n) is 1.78. The molecule has 2 atom stereocenters. The number of carboxylic acid groups (broad SMARTS) is 1. The van der Waals surface area contributed by atoms with Gasteiger partial charge in [-0.05, 0) is 25.7 Å². The molecule has 1 unspecified atom stereocenters. The number of rotatable bonds is 8. The minimum atomic E-state index is -0.918. The number of ether oxygens (including phenoxy) is 1. The van der Waals surface area contributed by atoms with E-state index in [0.29, 0.717) is 6.42 Å². The van der Waals surface area contributed by atoms with Crippen molar-refractivity contribution in [2.45, 2.75) is 59.5 Å². The molecule has 4 nitrogen and oxygen atoms in total. The molecule has 0 aliphatic heterocycles. The monoisotopic (exact) mass is 244 g/mol. The van der Waals surface area contributed by atoms with Crippen molar-refractivity contribution in [1.29, 1.82) is 0 Å². The number of esters is 1. The number of carbonyl (C=O) groups excluding carboxylic acids is 1. The predicted octanol–water partition coefficient (Wildman–Crippen LogP) is 2.86. The van der Waals surface area contributed by atoms with Crippen LogP contribution in [0.15, 0.2) is 0 Å². The maximum absolute atomic E-state index is 11.5. The van der Waals surface area contributed by atoms with Crippen molar-refractivity contribution < 1.29 is 19.4 Å². The van der Waals surface area contributed by atoms with E-state index in [9.17, 15) is 9.59 Å². The zero-order valence-corrected chi connectivity index (χ0v) is 11.2. The predicted molar refractivity (Wildman–Crippen MR) is 65.7 cm³/mol. The summed E-state index contributed by atoms with van der Waals surface area (Å²) in [7, 11) is 0. The van der Waals surface area contributed by atoms with E-state index < -0.39 is 17.9 Å². The van der Waals surface area contributed by atoms with E-state index in [1.807, 2.05) is 27.7 Å². The molecule has 4 heteroatoms. The lowest BCUT2D eigenvalue weighted by molar-refractivity contribution is -0.155. The molecule has 0 amide bonds. The van der Waals surface area contributed by atoms with Gasteiger partial charge in [0.15, 0.2) is 0 Å². The van der Waals surface area contributed by atoms with Gasteiger partial charge in [-0.1, -0.05) is 27.2 Å². The first-order chi connectivity index (χ1) is 7.86. The first kappa shape index (κ1) is 15.9. The maximum Gasteiger partial charge on any atom is 0.307 e. The molecule has 17 heavy (non-hydrogen) atoms. The van der Waals surface area contributed by atoms with Gasteiger partial charge in [-0.15, -0.1) is 0 Å². The van der Waals surface area contributed by atoms with Crippen molar-refractivity contribution >= 4 is 11.9 Å². The normalized spacial score (nSPS) is 14.4. The second-order valence-electron chi connectivity index (χ2n) is 4.96. The van der Waals surface area contributed by atoms with Crippen LogP contribution in [0.25, 0.3) is 0 Å². The highest BCUT2D eigenvalue weighted by molar-refractivity contribution is 5.78. The van der Waals surface area contributed by atoms with Crippen molar-refractivity contribution in [2.24, 2.45) is 11.8 Å². The minimum absolute atomic E-state index is 0.0262. The van der Waals surface area contributed by atoms with Gasteiger partial charge >= 0.3 is 11.9 Å². The van der Waals surface area contributed by atoms with Gasteiger partial charge in [-0.25, -0.2) is 0 Å². The molecule has 0 rings (SSSR count). The molecule has 0 aliphatic rings. The second-order valence-corrected chi connectivity index (χ2v) is 4.96. The summed E-state index contributed by atoms with van der Waals surface area (Å²) in [4.78, 5) is 22.5. The van der Waals surface area contributed by atoms with Crippen LogP contribution < -0.4 is 0 Å². The summed E-state index contributed by atoms with van der Waals surface area (Å²) in [5, 5.41) is 9.00. The first-order valence-corrected chi connectivity index (χ1v) is 6.29. The summed E-state index contributed by atoms with van der Waals surface area (Å²) in [5.74, 6) is -1.69. The van der Waals surface area contributed by atoms with Crippen molar-refractivity contribution in [3.8, 4) is 0 Å². The minimum Gasteiger partial charge on any atom is -0.481 e. The summed E-state index contributed by atoms with van der Waals surface area (Å²) >= 11 is 0. The number of hydrogen-bond donors (Lipinski definition) is 1. The van der Waals surface area contributed by atoms with E-state index in [1.54, 1.807) is 0 Å². The molecule has 0 aromatic heterocycles. The molecule has 0 fully saturated rings. The lowest BCUT2D eigenvalue weighted by Gasteiger charge is -2.16. The second kappa shape index (κ2) is 8.09. The molecular weight excluding hydrogens is 220 g/mol. The number of carboxylic acids is 1. The Kier molecular flexibility index (Phi) is 7.59. The van der Waals surface area contributed by atoms with Crippen LogP contribution in [-0.4, -0.2) is 23.1 Å². The quantitative estimate of drug-likeness (QED) is 0.667. The van der Waals surface area contributed by atoms with Gasteiger partial charge in [0.05, 0.1) is 18.4 Å². The summed E-state index contributed by atoms with van der Waals surface area (Å²) in [6.45, 7) is 7.74. The van der Waals surface area contributed by atoms with Crippen molar-refractivity contribution in [2.75, 3.05) is 0 Å². The van der Waals surface area contributed by atoms with Crippen LogP contribution in [0.1, 0.15) is 53.4 Å². The molecule has 100 valence electrons. The molecule has 0 aromatic carbocycles. The highest BCUT2D eigenvalue weighted by atomic mass is 16.5. The van der Waals surface area contributed by atoms with E-state index in [-0.39, 0.29) is 18.4 Å². The first-order valence-electron chi connectivity index (χ1n) is 6.29. The smallest absolute Gasteiger partial charge is 0.307 e. The van der Waals surface area contributed by atoms with E-state index in [0.717, 1.165) is 12.8 Å². The lowest BCUT2D eigenvalue weighted by Crippen LogP contribution is -2.23. The average molecular weight is 244 g/mol. The summed E-state index contributed by atoms with van der Waals surface area (Å²) < 4.78 is 5.15. The van der Waals surface area contributed by atoms with Crippen molar-refractivity contribution in [3.63, 3.8) is 0 Å². The van der Waals surface area contributed by atoms with Gasteiger partial charge < -0.3 is 9.84 Å². The largest absolute Gasteiger partial charge is 0.481 e. The molecule has 0 aromatic rings. The van der Waals surface area contributed by atoms with Crippen LogP contribution in [0, 0.1) is 11.8 Å². The Bertz CT molecular complexity index is 248. The fourth-order valence-corrected chi connectivity index (χ4v) is 1.78. The Hall–Kier alpha value is -1.06. The van der Waals surface area contributed by atoms with E-state index in [4.69, 9.17) is 9.84 Å². The molecule has 0 radical (unpaired) electrons. The van der Waals surface area contributed by atoms with Gasteiger partial charge in [-0.3, -0.25) is 9.59 Å². The number of carbonyl (C=O) groups is 2. The van der Waals surface area contributed by atoms with Crippen molar-refractivity contribution in [3.05, 3.63) is 0 Å². The highest BCUT2D eigenvalue weighted by Crippen LogP contribution is 2.17. The third-order valence-electron chi connectivity index (χ3n) is 2.55. The Balaban J connectivity index is 4.17. The molecule has 0 saturated carbocycles. The molecule has 0 aliphatic carbocycles. The topological polar surface area (TPSA) is 63.6 Å². The van der Waals surface area contributed by atoms with E-state index in [1.165, 1.54) is 0 Å². The van der Waals surface area contributed by atoms with Gasteiger partial charge in [0.25, 0.3) is 0 Å². The van der Waals surface area contributed by atoms with Gasteiger partial charge in [0.1, 0.15) is 0 Å². The number of aliphatic carboxylic acids is 1. The molecule has 1 N–H and O–H groups in total. The van der Waals surface area contributed by atoms with Gasteiger partial charge in [0.2, 0.25) is 0 Å². The van der Waals surface area contributed by atoms with Crippen LogP contribution in [-0.2, 0) is 14.3 Å². The van der Waals surface area contributed by atoms with Crippen LogP contribution in [0.5, 0.6) is 0 Å². The highest BCUT2D eigenvalue weighted by Gasteiger charge is 2.23. The SMILES string of the molecule is CCCC(C)OC(=O)C[C@@H](CC(C)C)C(=O)O. The molecule has 0 saturated heterocycles. The third kappa shape index (κ3) is 7.77. The summed E-state index contributed by atoms with van der Waals surface area (Å²) in [6, 6.07) is 0. The third-order valence-corrected chi connectivity index (χ3v) is 2.55. The van der Waals surface area contributed by atoms with Crippen LogP contribution in [0.2, 0.25) is 0 Å². The summed E-state index contributed by atoms with van der Waals surface area (Å²) in [6.07, 6.45) is 2.12. The molecule has 0 heterocycles. The maximum atomic E-state index is 11.5. The average Bonchev–Trinajstić information content (AvgIpc) is 2.15. The molecule has 0 bridgehead atoms. The Morgan fingerprint density at radius 1 is 1.24 bits per heavy atom. The van der Waals surface area contributed by atoms with Gasteiger partial charge in [0, 0.05) is 0 Å². The zero-order valence-electron chi connectivity index (χ0n) is 11.2. The van der Waals surface area contributed by atoms with Crippen LogP contribution >= 0.6 is 0 Å². The Morgan fingerprint density at radius 2 is 1.82 bits per heavy atom. The summed E-state index contributed by atoms with van der Waals surface area (Å²) in [5.41, 5.74) is 0. The molecular formula is C13H24O4. The standard InChI is InChI=1S/C13H24O4/c1-5-6-10(4)17-12(14)8-11(13(15)16)7-9(2)3/h9-11H,5-8H2,1-4H3,(H,15,16)/t10?,11-/m1/s1. The van der Waals surface area contributed by atoms with Crippen molar-refractivity contribution in [1.82, 2.24) is 0 Å². The number of hydrogen-bond acceptors (Lipinski definition) is 3. The van der Waals surface area contributed by atoms with Crippen LogP contribution in [0.4, 0.5) is 0 Å².